The maximum Gasteiger partial charge on any atom is 0.226 e. The number of benzene rings is 2. The van der Waals surface area contributed by atoms with E-state index in [4.69, 9.17) is 9.47 Å². The third kappa shape index (κ3) is 4.78. The summed E-state index contributed by atoms with van der Waals surface area (Å²) < 4.78 is 11.7. The van der Waals surface area contributed by atoms with Crippen LogP contribution in [-0.2, 0) is 22.4 Å². The van der Waals surface area contributed by atoms with Crippen molar-refractivity contribution in [2.24, 2.45) is 11.3 Å². The van der Waals surface area contributed by atoms with E-state index in [0.29, 0.717) is 12.5 Å². The van der Waals surface area contributed by atoms with Gasteiger partial charge in [-0.25, -0.2) is 0 Å². The minimum Gasteiger partial charge on any atom is -0.457 e. The second-order valence-electron chi connectivity index (χ2n) is 9.39. The summed E-state index contributed by atoms with van der Waals surface area (Å²) >= 11 is 0. The first-order chi connectivity index (χ1) is 15.2. The van der Waals surface area contributed by atoms with Crippen LogP contribution >= 0.6 is 0 Å². The van der Waals surface area contributed by atoms with Crippen molar-refractivity contribution in [2.75, 3.05) is 39.4 Å². The predicted molar refractivity (Wildman–Crippen MR) is 120 cm³/mol. The molecular weight excluding hydrogens is 388 g/mol. The van der Waals surface area contributed by atoms with Crippen molar-refractivity contribution in [3.8, 4) is 11.5 Å². The zero-order chi connectivity index (χ0) is 21.1. The van der Waals surface area contributed by atoms with Gasteiger partial charge in [0, 0.05) is 19.7 Å². The van der Waals surface area contributed by atoms with Gasteiger partial charge in [-0.1, -0.05) is 24.3 Å². The standard InChI is InChI=1S/C26H32N2O3/c29-25-26(9-12-28(13-10-26)18-22-8-14-30-19-22)17-21-4-2-6-24(16-21)31-23-5-1-3-20(15-23)7-11-27-25/h1-6,15-16,22H,7-14,17-19H2,(H,27,29). The lowest BCUT2D eigenvalue weighted by Crippen LogP contribution is -2.51. The summed E-state index contributed by atoms with van der Waals surface area (Å²) in [5, 5.41) is 3.27. The quantitative estimate of drug-likeness (QED) is 0.803. The largest absolute Gasteiger partial charge is 0.457 e. The van der Waals surface area contributed by atoms with Crippen molar-refractivity contribution in [3.05, 3.63) is 59.7 Å². The molecule has 0 aromatic heterocycles. The summed E-state index contributed by atoms with van der Waals surface area (Å²) in [6.07, 6.45) is 4.52. The maximum absolute atomic E-state index is 13.5. The van der Waals surface area contributed by atoms with Gasteiger partial charge < -0.3 is 19.7 Å². The second kappa shape index (κ2) is 9.01. The lowest BCUT2D eigenvalue weighted by atomic mass is 9.72. The number of rotatable bonds is 2. The van der Waals surface area contributed by atoms with Crippen LogP contribution in [0.5, 0.6) is 11.5 Å². The number of hydrogen-bond acceptors (Lipinski definition) is 4. The molecule has 0 saturated carbocycles. The van der Waals surface area contributed by atoms with Gasteiger partial charge in [-0.05, 0) is 86.5 Å². The van der Waals surface area contributed by atoms with E-state index in [2.05, 4.69) is 34.5 Å². The molecule has 1 unspecified atom stereocenters. The average Bonchev–Trinajstić information content (AvgIpc) is 3.28. The van der Waals surface area contributed by atoms with Gasteiger partial charge in [0.25, 0.3) is 0 Å². The van der Waals surface area contributed by atoms with Gasteiger partial charge in [0.1, 0.15) is 11.5 Å². The number of amides is 1. The topological polar surface area (TPSA) is 50.8 Å². The van der Waals surface area contributed by atoms with Crippen LogP contribution in [0.2, 0.25) is 0 Å². The Kier molecular flexibility index (Phi) is 5.97. The van der Waals surface area contributed by atoms with Gasteiger partial charge in [0.2, 0.25) is 5.91 Å². The van der Waals surface area contributed by atoms with E-state index in [0.717, 1.165) is 76.5 Å². The molecule has 31 heavy (non-hydrogen) atoms. The molecule has 3 aliphatic heterocycles. The number of piperidine rings is 1. The molecule has 5 heteroatoms. The number of fused-ring (bicyclic) bond motifs is 4. The summed E-state index contributed by atoms with van der Waals surface area (Å²) in [4.78, 5) is 16.0. The first-order valence-corrected chi connectivity index (χ1v) is 11.6. The zero-order valence-corrected chi connectivity index (χ0v) is 18.1. The molecule has 5 nitrogen and oxygen atoms in total. The van der Waals surface area contributed by atoms with Gasteiger partial charge in [0.05, 0.1) is 12.0 Å². The fraction of sp³-hybridized carbons (Fsp3) is 0.500. The summed E-state index contributed by atoms with van der Waals surface area (Å²) in [5.41, 5.74) is 1.99. The minimum absolute atomic E-state index is 0.207. The Balaban J connectivity index is 1.36. The molecular formula is C26H32N2O3. The third-order valence-corrected chi connectivity index (χ3v) is 7.11. The highest BCUT2D eigenvalue weighted by molar-refractivity contribution is 5.83. The molecule has 1 N–H and O–H groups in total. The van der Waals surface area contributed by atoms with E-state index in [9.17, 15) is 4.79 Å². The Morgan fingerprint density at radius 3 is 2.52 bits per heavy atom. The number of ether oxygens (including phenoxy) is 2. The van der Waals surface area contributed by atoms with Crippen molar-refractivity contribution < 1.29 is 14.3 Å². The minimum atomic E-state index is -0.353. The first kappa shape index (κ1) is 20.5. The Labute approximate surface area is 184 Å². The van der Waals surface area contributed by atoms with Crippen LogP contribution in [0.3, 0.4) is 0 Å². The zero-order valence-electron chi connectivity index (χ0n) is 18.1. The molecule has 2 fully saturated rings. The second-order valence-corrected chi connectivity index (χ2v) is 9.39. The van der Waals surface area contributed by atoms with Crippen LogP contribution in [0.4, 0.5) is 0 Å². The number of likely N-dealkylation sites (tertiary alicyclic amines) is 1. The summed E-state index contributed by atoms with van der Waals surface area (Å²) in [6.45, 7) is 5.48. The monoisotopic (exact) mass is 420 g/mol. The van der Waals surface area contributed by atoms with Crippen LogP contribution in [0.25, 0.3) is 0 Å². The number of carbonyl (C=O) groups is 1. The molecule has 3 aliphatic rings. The SMILES string of the molecule is O=C1NCCc2cccc(c2)Oc2cccc(c2)CC12CCN(CC1CCOC1)CC2. The van der Waals surface area contributed by atoms with E-state index < -0.39 is 0 Å². The van der Waals surface area contributed by atoms with Crippen LogP contribution in [0.1, 0.15) is 30.4 Å². The molecule has 0 radical (unpaired) electrons. The summed E-state index contributed by atoms with van der Waals surface area (Å²) in [5.74, 6) is 2.53. The van der Waals surface area contributed by atoms with Crippen molar-refractivity contribution in [3.63, 3.8) is 0 Å². The molecule has 1 spiro atoms. The highest BCUT2D eigenvalue weighted by Gasteiger charge is 2.41. The van der Waals surface area contributed by atoms with E-state index in [1.807, 2.05) is 24.3 Å². The lowest BCUT2D eigenvalue weighted by molar-refractivity contribution is -0.134. The number of carbonyl (C=O) groups excluding carboxylic acids is 1. The summed E-state index contributed by atoms with van der Waals surface area (Å²) in [6, 6.07) is 16.4. The molecule has 1 atom stereocenters. The van der Waals surface area contributed by atoms with E-state index in [1.165, 1.54) is 11.1 Å². The van der Waals surface area contributed by atoms with Crippen LogP contribution < -0.4 is 10.1 Å². The molecule has 164 valence electrons. The molecule has 2 aromatic carbocycles. The molecule has 2 aromatic rings. The number of nitrogens with zero attached hydrogens (tertiary/aromatic N) is 1. The van der Waals surface area contributed by atoms with Gasteiger partial charge in [-0.2, -0.15) is 0 Å². The van der Waals surface area contributed by atoms with Crippen molar-refractivity contribution >= 4 is 5.91 Å². The Bertz CT molecular complexity index is 914. The van der Waals surface area contributed by atoms with Gasteiger partial charge >= 0.3 is 0 Å². The van der Waals surface area contributed by atoms with E-state index >= 15 is 0 Å². The van der Waals surface area contributed by atoms with Gasteiger partial charge in [-0.3, -0.25) is 4.79 Å². The fourth-order valence-corrected chi connectivity index (χ4v) is 5.26. The van der Waals surface area contributed by atoms with Crippen molar-refractivity contribution in [1.82, 2.24) is 10.2 Å². The molecule has 4 bridgehead atoms. The first-order valence-electron chi connectivity index (χ1n) is 11.6. The molecule has 0 aliphatic carbocycles. The predicted octanol–water partition coefficient (Wildman–Crippen LogP) is 3.81. The highest BCUT2D eigenvalue weighted by atomic mass is 16.5. The molecule has 5 rings (SSSR count). The molecule has 3 heterocycles. The number of hydrogen-bond donors (Lipinski definition) is 1. The fourth-order valence-electron chi connectivity index (χ4n) is 5.26. The normalized spacial score (nSPS) is 23.9. The van der Waals surface area contributed by atoms with Crippen LogP contribution in [0, 0.1) is 11.3 Å². The van der Waals surface area contributed by atoms with Gasteiger partial charge in [0.15, 0.2) is 0 Å². The van der Waals surface area contributed by atoms with Crippen LogP contribution in [-0.4, -0.2) is 50.2 Å². The van der Waals surface area contributed by atoms with Crippen molar-refractivity contribution in [2.45, 2.75) is 32.1 Å². The number of nitrogens with one attached hydrogen (secondary N) is 1. The average molecular weight is 421 g/mol. The third-order valence-electron chi connectivity index (χ3n) is 7.11. The summed E-state index contributed by atoms with van der Waals surface area (Å²) in [7, 11) is 0. The Morgan fingerprint density at radius 2 is 1.77 bits per heavy atom. The smallest absolute Gasteiger partial charge is 0.226 e. The van der Waals surface area contributed by atoms with E-state index in [1.54, 1.807) is 0 Å². The Morgan fingerprint density at radius 1 is 1.03 bits per heavy atom. The molecule has 1 amide bonds. The lowest BCUT2D eigenvalue weighted by Gasteiger charge is -2.41. The van der Waals surface area contributed by atoms with Crippen LogP contribution in [0.15, 0.2) is 48.5 Å². The van der Waals surface area contributed by atoms with E-state index in [-0.39, 0.29) is 11.3 Å². The Hall–Kier alpha value is -2.37. The van der Waals surface area contributed by atoms with Gasteiger partial charge in [-0.15, -0.1) is 0 Å². The highest BCUT2D eigenvalue weighted by Crippen LogP contribution is 2.37. The van der Waals surface area contributed by atoms with Crippen molar-refractivity contribution in [1.29, 1.82) is 0 Å². The molecule has 2 saturated heterocycles. The maximum atomic E-state index is 13.5.